The van der Waals surface area contributed by atoms with Crippen molar-refractivity contribution in [2.75, 3.05) is 17.7 Å². The van der Waals surface area contributed by atoms with Gasteiger partial charge in [-0.05, 0) is 42.7 Å². The fraction of sp³-hybridized carbons (Fsp3) is 0.188. The number of halogens is 1. The lowest BCUT2D eigenvalue weighted by molar-refractivity contribution is 0.102. The minimum atomic E-state index is -0.336. The fourth-order valence-corrected chi connectivity index (χ4v) is 2.33. The topological polar surface area (TPSA) is 75.4 Å². The Morgan fingerprint density at radius 2 is 2.00 bits per heavy atom. The molecule has 0 aliphatic heterocycles. The van der Waals surface area contributed by atoms with Crippen LogP contribution in [-0.2, 0) is 6.42 Å². The molecule has 4 N–H and O–H groups in total. The maximum atomic E-state index is 12.3. The monoisotopic (exact) mass is 304 g/mol. The third-order valence-electron chi connectivity index (χ3n) is 3.08. The Morgan fingerprint density at radius 1 is 1.24 bits per heavy atom. The zero-order valence-corrected chi connectivity index (χ0v) is 12.2. The third-order valence-corrected chi connectivity index (χ3v) is 3.40. The number of rotatable bonds is 5. The second kappa shape index (κ2) is 7.11. The molecule has 2 aromatic rings. The van der Waals surface area contributed by atoms with Gasteiger partial charge < -0.3 is 16.2 Å². The Bertz CT molecular complexity index is 624. The number of aliphatic hydroxyl groups excluding tert-OH is 1. The van der Waals surface area contributed by atoms with Crippen molar-refractivity contribution in [3.05, 3.63) is 58.6 Å². The van der Waals surface area contributed by atoms with Crippen LogP contribution in [0.1, 0.15) is 22.3 Å². The molecular formula is C16H17ClN2O2. The van der Waals surface area contributed by atoms with E-state index in [2.05, 4.69) is 5.32 Å². The van der Waals surface area contributed by atoms with Crippen LogP contribution in [0.15, 0.2) is 42.5 Å². The number of aryl methyl sites for hydroxylation is 1. The van der Waals surface area contributed by atoms with E-state index < -0.39 is 0 Å². The van der Waals surface area contributed by atoms with E-state index in [4.69, 9.17) is 22.4 Å². The summed E-state index contributed by atoms with van der Waals surface area (Å²) in [7, 11) is 0. The van der Waals surface area contributed by atoms with Crippen LogP contribution in [0.2, 0.25) is 5.02 Å². The number of hydrogen-bond donors (Lipinski definition) is 3. The first-order chi connectivity index (χ1) is 10.1. The van der Waals surface area contributed by atoms with Crippen molar-refractivity contribution < 1.29 is 9.90 Å². The van der Waals surface area contributed by atoms with E-state index in [1.54, 1.807) is 24.3 Å². The highest BCUT2D eigenvalue weighted by Gasteiger charge is 2.14. The summed E-state index contributed by atoms with van der Waals surface area (Å²) in [5, 5.41) is 12.0. The average molecular weight is 305 g/mol. The molecule has 5 heteroatoms. The summed E-state index contributed by atoms with van der Waals surface area (Å²) < 4.78 is 0. The highest BCUT2D eigenvalue weighted by molar-refractivity contribution is 6.35. The predicted octanol–water partition coefficient (Wildman–Crippen LogP) is 3.10. The van der Waals surface area contributed by atoms with Gasteiger partial charge in [0.05, 0.1) is 10.6 Å². The van der Waals surface area contributed by atoms with Crippen molar-refractivity contribution in [1.29, 1.82) is 0 Å². The summed E-state index contributed by atoms with van der Waals surface area (Å²) in [6.45, 7) is 0.146. The van der Waals surface area contributed by atoms with Gasteiger partial charge in [0.25, 0.3) is 5.91 Å². The lowest BCUT2D eigenvalue weighted by Gasteiger charge is -2.10. The molecule has 0 atom stereocenters. The number of nitrogens with one attached hydrogen (secondary N) is 1. The summed E-state index contributed by atoms with van der Waals surface area (Å²) >= 11 is 6.02. The quantitative estimate of drug-likeness (QED) is 0.743. The Labute approximate surface area is 128 Å². The van der Waals surface area contributed by atoms with Gasteiger partial charge in [-0.1, -0.05) is 29.8 Å². The van der Waals surface area contributed by atoms with Crippen LogP contribution in [0.25, 0.3) is 0 Å². The number of benzene rings is 2. The zero-order chi connectivity index (χ0) is 15.2. The van der Waals surface area contributed by atoms with Crippen LogP contribution in [0.4, 0.5) is 11.4 Å². The molecule has 0 spiro atoms. The van der Waals surface area contributed by atoms with E-state index in [9.17, 15) is 4.79 Å². The first kappa shape index (κ1) is 15.4. The minimum absolute atomic E-state index is 0.146. The van der Waals surface area contributed by atoms with E-state index in [0.29, 0.717) is 22.8 Å². The number of aliphatic hydroxyl groups is 1. The van der Waals surface area contributed by atoms with Gasteiger partial charge in [0.1, 0.15) is 0 Å². The maximum Gasteiger partial charge on any atom is 0.259 e. The molecule has 21 heavy (non-hydrogen) atoms. The predicted molar refractivity (Wildman–Crippen MR) is 85.7 cm³/mol. The number of anilines is 2. The van der Waals surface area contributed by atoms with Crippen LogP contribution in [0.3, 0.4) is 0 Å². The summed E-state index contributed by atoms with van der Waals surface area (Å²) in [5.41, 5.74) is 8.15. The van der Waals surface area contributed by atoms with Crippen molar-refractivity contribution >= 4 is 28.9 Å². The molecule has 2 aromatic carbocycles. The molecule has 110 valence electrons. The molecule has 0 unspecified atom stereocenters. The Morgan fingerprint density at radius 3 is 2.71 bits per heavy atom. The van der Waals surface area contributed by atoms with Crippen molar-refractivity contribution in [2.45, 2.75) is 12.8 Å². The first-order valence-corrected chi connectivity index (χ1v) is 7.04. The molecule has 0 fully saturated rings. The summed E-state index contributed by atoms with van der Waals surface area (Å²) in [5.74, 6) is -0.336. The minimum Gasteiger partial charge on any atom is -0.398 e. The van der Waals surface area contributed by atoms with Gasteiger partial charge in [-0.2, -0.15) is 0 Å². The number of carbonyl (C=O) groups excluding carboxylic acids is 1. The molecular weight excluding hydrogens is 288 g/mol. The molecule has 2 rings (SSSR count). The molecule has 0 aliphatic carbocycles. The second-order valence-corrected chi connectivity index (χ2v) is 5.09. The Hall–Kier alpha value is -2.04. The van der Waals surface area contributed by atoms with Gasteiger partial charge >= 0.3 is 0 Å². The first-order valence-electron chi connectivity index (χ1n) is 6.67. The SMILES string of the molecule is Nc1cccc(Cl)c1C(=O)Nc1cccc(CCCO)c1. The number of nitrogen functional groups attached to an aromatic ring is 1. The van der Waals surface area contributed by atoms with E-state index >= 15 is 0 Å². The van der Waals surface area contributed by atoms with Crippen LogP contribution in [0, 0.1) is 0 Å². The molecule has 0 aliphatic rings. The van der Waals surface area contributed by atoms with Crippen molar-refractivity contribution in [1.82, 2.24) is 0 Å². The van der Waals surface area contributed by atoms with Gasteiger partial charge in [0, 0.05) is 18.0 Å². The lowest BCUT2D eigenvalue weighted by atomic mass is 10.1. The van der Waals surface area contributed by atoms with E-state index in [1.165, 1.54) is 0 Å². The van der Waals surface area contributed by atoms with E-state index in [-0.39, 0.29) is 18.1 Å². The lowest BCUT2D eigenvalue weighted by Crippen LogP contribution is -2.14. The number of carbonyl (C=O) groups is 1. The molecule has 0 radical (unpaired) electrons. The Kier molecular flexibility index (Phi) is 5.20. The number of nitrogens with two attached hydrogens (primary N) is 1. The summed E-state index contributed by atoms with van der Waals surface area (Å²) in [4.78, 5) is 12.3. The maximum absolute atomic E-state index is 12.3. The van der Waals surface area contributed by atoms with Crippen molar-refractivity contribution in [3.63, 3.8) is 0 Å². The summed E-state index contributed by atoms with van der Waals surface area (Å²) in [6, 6.07) is 12.5. The van der Waals surface area contributed by atoms with E-state index in [1.807, 2.05) is 18.2 Å². The van der Waals surface area contributed by atoms with Gasteiger partial charge in [-0.15, -0.1) is 0 Å². The Balaban J connectivity index is 2.16. The standard InChI is InChI=1S/C16H17ClN2O2/c17-13-7-2-8-14(18)15(13)16(21)19-12-6-1-4-11(10-12)5-3-9-20/h1-2,4,6-8,10,20H,3,5,9,18H2,(H,19,21). The third kappa shape index (κ3) is 3.97. The molecule has 4 nitrogen and oxygen atoms in total. The van der Waals surface area contributed by atoms with Crippen LogP contribution >= 0.6 is 11.6 Å². The number of hydrogen-bond acceptors (Lipinski definition) is 3. The molecule has 0 aromatic heterocycles. The second-order valence-electron chi connectivity index (χ2n) is 4.69. The normalized spacial score (nSPS) is 10.4. The molecule has 0 bridgehead atoms. The molecule has 0 saturated carbocycles. The van der Waals surface area contributed by atoms with Crippen molar-refractivity contribution in [2.24, 2.45) is 0 Å². The molecule has 1 amide bonds. The molecule has 0 saturated heterocycles. The zero-order valence-electron chi connectivity index (χ0n) is 11.5. The average Bonchev–Trinajstić information content (AvgIpc) is 2.45. The van der Waals surface area contributed by atoms with Gasteiger partial charge in [-0.3, -0.25) is 4.79 Å². The van der Waals surface area contributed by atoms with Gasteiger partial charge in [0.15, 0.2) is 0 Å². The highest BCUT2D eigenvalue weighted by Crippen LogP contribution is 2.23. The van der Waals surface area contributed by atoms with Crippen LogP contribution in [-0.4, -0.2) is 17.6 Å². The highest BCUT2D eigenvalue weighted by atomic mass is 35.5. The number of amides is 1. The van der Waals surface area contributed by atoms with Crippen LogP contribution in [0.5, 0.6) is 0 Å². The summed E-state index contributed by atoms with van der Waals surface area (Å²) in [6.07, 6.45) is 1.45. The van der Waals surface area contributed by atoms with Crippen LogP contribution < -0.4 is 11.1 Å². The fourth-order valence-electron chi connectivity index (χ4n) is 2.06. The van der Waals surface area contributed by atoms with Gasteiger partial charge in [0.2, 0.25) is 0 Å². The van der Waals surface area contributed by atoms with E-state index in [0.717, 1.165) is 12.0 Å². The largest absolute Gasteiger partial charge is 0.398 e. The smallest absolute Gasteiger partial charge is 0.259 e. The van der Waals surface area contributed by atoms with Gasteiger partial charge in [-0.25, -0.2) is 0 Å². The van der Waals surface area contributed by atoms with Crippen molar-refractivity contribution in [3.8, 4) is 0 Å². The molecule has 0 heterocycles.